The first-order chi connectivity index (χ1) is 40.7. The third-order valence-electron chi connectivity index (χ3n) is 13.8. The second-order valence-electron chi connectivity index (χ2n) is 20.4. The van der Waals surface area contributed by atoms with Crippen LogP contribution in [0, 0.1) is 23.3 Å². The van der Waals surface area contributed by atoms with E-state index in [0.29, 0.717) is 116 Å². The van der Waals surface area contributed by atoms with Gasteiger partial charge in [0.05, 0.1) is 26.4 Å². The number of ether oxygens (including phenoxy) is 4. The Morgan fingerprint density at radius 2 is 0.476 bits per heavy atom. The predicted octanol–water partition coefficient (Wildman–Crippen LogP) is 15.1. The molecule has 0 aliphatic heterocycles. The lowest BCUT2D eigenvalue weighted by atomic mass is 9.90. The molecule has 1 aliphatic rings. The number of carbonyl (C=O) groups excluding carboxylic acids is 4. The highest BCUT2D eigenvalue weighted by Crippen LogP contribution is 2.43. The van der Waals surface area contributed by atoms with Gasteiger partial charge in [-0.1, -0.05) is 27.7 Å². The van der Waals surface area contributed by atoms with Crippen LogP contribution in [0.4, 0.5) is 40.3 Å². The SMILES string of the molecule is CCCOc1c2cc(NC(=O)c3ccc(F)cc3)cc1Cc1cc(NC(=O)c3ccc(F)cc3)cc(c1OCCC)Cc1cc(NC(=O)c3ccc(F)cc3)cc(c1OCCC)Cc1cc(NC(=O)c3ccc(F)cc3)cc(c1OCCC)C2. The summed E-state index contributed by atoms with van der Waals surface area (Å²) in [6, 6.07) is 35.2. The van der Waals surface area contributed by atoms with Crippen LogP contribution in [0.1, 0.15) is 139 Å². The molecule has 0 unspecified atom stereocenters. The molecule has 4 amide bonds. The average molecular weight is 1140 g/mol. The largest absolute Gasteiger partial charge is 0.493 e. The zero-order valence-electron chi connectivity index (χ0n) is 47.1. The zero-order chi connectivity index (χ0) is 59.3. The van der Waals surface area contributed by atoms with Crippen LogP contribution in [0.15, 0.2) is 146 Å². The highest BCUT2D eigenvalue weighted by molar-refractivity contribution is 6.06. The normalized spacial score (nSPS) is 11.7. The summed E-state index contributed by atoms with van der Waals surface area (Å²) in [5, 5.41) is 12.2. The van der Waals surface area contributed by atoms with Gasteiger partial charge in [-0.2, -0.15) is 0 Å². The fourth-order valence-electron chi connectivity index (χ4n) is 9.95. The van der Waals surface area contributed by atoms with Crippen LogP contribution in [-0.4, -0.2) is 50.1 Å². The molecule has 4 N–H and O–H groups in total. The van der Waals surface area contributed by atoms with Crippen molar-refractivity contribution < 1.29 is 55.7 Å². The van der Waals surface area contributed by atoms with E-state index in [1.165, 1.54) is 97.1 Å². The predicted molar refractivity (Wildman–Crippen MR) is 318 cm³/mol. The highest BCUT2D eigenvalue weighted by Gasteiger charge is 2.27. The number of benzene rings is 8. The molecule has 1 aliphatic carbocycles. The molecule has 0 radical (unpaired) electrons. The van der Waals surface area contributed by atoms with Gasteiger partial charge in [0, 0.05) is 115 Å². The Morgan fingerprint density at radius 3 is 0.631 bits per heavy atom. The molecule has 84 heavy (non-hydrogen) atoms. The summed E-state index contributed by atoms with van der Waals surface area (Å²) in [5.74, 6) is -2.12. The van der Waals surface area contributed by atoms with Crippen molar-refractivity contribution in [3.63, 3.8) is 0 Å². The summed E-state index contributed by atoms with van der Waals surface area (Å²) in [6.07, 6.45) is 2.85. The monoisotopic (exact) mass is 1140 g/mol. The second kappa shape index (κ2) is 27.6. The molecular weight excluding hydrogens is 1080 g/mol. The molecule has 16 heteroatoms. The lowest BCUT2D eigenvalue weighted by Gasteiger charge is -2.25. The van der Waals surface area contributed by atoms with Gasteiger partial charge in [0.15, 0.2) is 0 Å². The number of halogens is 4. The molecule has 0 aromatic heterocycles. The number of hydrogen-bond acceptors (Lipinski definition) is 8. The molecule has 0 saturated carbocycles. The summed E-state index contributed by atoms with van der Waals surface area (Å²) in [4.78, 5) is 56.4. The van der Waals surface area contributed by atoms with Gasteiger partial charge < -0.3 is 40.2 Å². The van der Waals surface area contributed by atoms with Crippen molar-refractivity contribution >= 4 is 46.4 Å². The molecule has 0 heterocycles. The lowest BCUT2D eigenvalue weighted by Crippen LogP contribution is -2.16. The van der Waals surface area contributed by atoms with Crippen LogP contribution >= 0.6 is 0 Å². The second-order valence-corrected chi connectivity index (χ2v) is 20.4. The molecule has 0 atom stereocenters. The Bertz CT molecular complexity index is 3110. The Morgan fingerprint density at radius 1 is 0.310 bits per heavy atom. The van der Waals surface area contributed by atoms with E-state index in [1.807, 2.05) is 76.2 Å². The smallest absolute Gasteiger partial charge is 0.255 e. The minimum absolute atomic E-state index is 0.0923. The van der Waals surface area contributed by atoms with Crippen LogP contribution in [0.25, 0.3) is 0 Å². The molecule has 0 fully saturated rings. The minimum Gasteiger partial charge on any atom is -0.493 e. The number of fused-ring (bicyclic) bond motifs is 8. The Kier molecular flexibility index (Phi) is 19.4. The van der Waals surface area contributed by atoms with E-state index < -0.39 is 46.9 Å². The van der Waals surface area contributed by atoms with Crippen molar-refractivity contribution in [3.8, 4) is 23.0 Å². The standard InChI is InChI=1S/C68H64F4N4O8/c1-5-25-81-61-45-29-47-35-58(74-66(78)42-11-19-54(70)20-12-42)37-49(62(47)82-26-6-2)31-51-39-60(76-68(80)44-15-23-56(72)24-16-44)40-52(64(51)84-28-8-4)32-50-38-59(75-67(79)43-13-21-55(71)22-14-43)36-48(63(50)83-27-7-3)30-46(61)34-57(33-45)73-65(77)41-9-17-53(69)18-10-41/h9-24,33-40H,5-8,25-32H2,1-4H3,(H,73,77)(H,74,78)(H,75,79)(H,76,80). The minimum atomic E-state index is -0.508. The zero-order valence-corrected chi connectivity index (χ0v) is 47.1. The van der Waals surface area contributed by atoms with Crippen LogP contribution in [0.5, 0.6) is 23.0 Å². The van der Waals surface area contributed by atoms with Gasteiger partial charge in [0.2, 0.25) is 0 Å². The quantitative estimate of drug-likeness (QED) is 0.0550. The lowest BCUT2D eigenvalue weighted by molar-refractivity contribution is 0.101. The number of nitrogens with one attached hydrogen (secondary N) is 4. The van der Waals surface area contributed by atoms with Gasteiger partial charge in [-0.25, -0.2) is 17.6 Å². The van der Waals surface area contributed by atoms with Crippen molar-refractivity contribution in [2.75, 3.05) is 47.7 Å². The highest BCUT2D eigenvalue weighted by atomic mass is 19.1. The first-order valence-electron chi connectivity index (χ1n) is 28.1. The summed E-state index contributed by atoms with van der Waals surface area (Å²) in [6.45, 7) is 9.06. The molecule has 8 aromatic rings. The number of anilines is 4. The van der Waals surface area contributed by atoms with Crippen molar-refractivity contribution in [2.45, 2.75) is 79.1 Å². The summed E-state index contributed by atoms with van der Waals surface area (Å²) < 4.78 is 83.9. The van der Waals surface area contributed by atoms with Gasteiger partial charge >= 0.3 is 0 Å². The Labute approximate surface area is 485 Å². The molecule has 432 valence electrons. The van der Waals surface area contributed by atoms with Crippen LogP contribution < -0.4 is 40.2 Å². The van der Waals surface area contributed by atoms with Crippen molar-refractivity contribution in [3.05, 3.63) is 236 Å². The first-order valence-corrected chi connectivity index (χ1v) is 28.1. The fourth-order valence-corrected chi connectivity index (χ4v) is 9.95. The Balaban J connectivity index is 1.34. The van der Waals surface area contributed by atoms with Gasteiger partial charge in [-0.05, 0) is 171 Å². The third-order valence-corrected chi connectivity index (χ3v) is 13.8. The van der Waals surface area contributed by atoms with Crippen molar-refractivity contribution in [1.82, 2.24) is 0 Å². The molecular formula is C68H64F4N4O8. The van der Waals surface area contributed by atoms with Crippen molar-refractivity contribution in [2.24, 2.45) is 0 Å². The van der Waals surface area contributed by atoms with Gasteiger partial charge in [0.1, 0.15) is 46.3 Å². The number of rotatable bonds is 20. The average Bonchev–Trinajstić information content (AvgIpc) is 3.66. The Hall–Kier alpha value is -9.44. The molecule has 8 aromatic carbocycles. The van der Waals surface area contributed by atoms with E-state index in [-0.39, 0.29) is 74.4 Å². The number of amides is 4. The molecule has 8 bridgehead atoms. The van der Waals surface area contributed by atoms with Crippen molar-refractivity contribution in [1.29, 1.82) is 0 Å². The number of hydrogen-bond donors (Lipinski definition) is 4. The molecule has 0 saturated heterocycles. The van der Waals surface area contributed by atoms with E-state index in [0.717, 1.165) is 0 Å². The van der Waals surface area contributed by atoms with E-state index in [1.54, 1.807) is 0 Å². The van der Waals surface area contributed by atoms with Crippen LogP contribution in [0.3, 0.4) is 0 Å². The maximum atomic E-state index is 14.2. The molecule has 9 rings (SSSR count). The summed E-state index contributed by atoms with van der Waals surface area (Å²) >= 11 is 0. The van der Waals surface area contributed by atoms with Crippen LogP contribution in [-0.2, 0) is 25.7 Å². The topological polar surface area (TPSA) is 153 Å². The van der Waals surface area contributed by atoms with E-state index in [9.17, 15) is 36.7 Å². The van der Waals surface area contributed by atoms with Crippen LogP contribution in [0.2, 0.25) is 0 Å². The fraction of sp³-hybridized carbons (Fsp3) is 0.235. The van der Waals surface area contributed by atoms with E-state index in [2.05, 4.69) is 21.3 Å². The molecule has 12 nitrogen and oxygen atoms in total. The summed E-state index contributed by atoms with van der Waals surface area (Å²) in [7, 11) is 0. The van der Waals surface area contributed by atoms with Gasteiger partial charge in [0.25, 0.3) is 23.6 Å². The third kappa shape index (κ3) is 14.8. The maximum absolute atomic E-state index is 14.2. The summed E-state index contributed by atoms with van der Waals surface area (Å²) in [5.41, 5.74) is 7.15. The van der Waals surface area contributed by atoms with Gasteiger partial charge in [-0.3, -0.25) is 19.2 Å². The van der Waals surface area contributed by atoms with Gasteiger partial charge in [-0.15, -0.1) is 0 Å². The van der Waals surface area contributed by atoms with E-state index >= 15 is 0 Å². The molecule has 0 spiro atoms. The number of carbonyl (C=O) groups is 4. The van der Waals surface area contributed by atoms with E-state index in [4.69, 9.17) is 18.9 Å². The first kappa shape index (κ1) is 59.2. The maximum Gasteiger partial charge on any atom is 0.255 e.